The minimum Gasteiger partial charge on any atom is -0.331 e. The van der Waals surface area contributed by atoms with Crippen molar-refractivity contribution in [2.45, 2.75) is 44.6 Å². The maximum absolute atomic E-state index is 2.87. The molecule has 2 fully saturated rings. The number of benzene rings is 1. The molecule has 0 amide bonds. The average molecular weight is 263 g/mol. The molecule has 1 aromatic rings. The Morgan fingerprint density at radius 2 is 1.56 bits per heavy atom. The zero-order valence-electron chi connectivity index (χ0n) is 11.5. The van der Waals surface area contributed by atoms with Gasteiger partial charge in [-0.05, 0) is 55.6 Å². The van der Waals surface area contributed by atoms with Crippen LogP contribution in [0.4, 0.5) is 5.69 Å². The molecule has 0 atom stereocenters. The van der Waals surface area contributed by atoms with Gasteiger partial charge in [-0.15, -0.1) is 0 Å². The van der Waals surface area contributed by atoms with Gasteiger partial charge in [-0.3, -0.25) is 0 Å². The molecule has 1 nitrogen and oxygen atoms in total. The highest BCUT2D eigenvalue weighted by Crippen LogP contribution is 2.57. The molecule has 1 saturated carbocycles. The van der Waals surface area contributed by atoms with E-state index in [-0.39, 0.29) is 0 Å². The van der Waals surface area contributed by atoms with Crippen LogP contribution in [0.1, 0.15) is 38.5 Å². The third-order valence-electron chi connectivity index (χ3n) is 4.56. The summed E-state index contributed by atoms with van der Waals surface area (Å²) in [6.07, 6.45) is 11.2. The summed E-state index contributed by atoms with van der Waals surface area (Å²) in [5.74, 6) is 2.91. The van der Waals surface area contributed by atoms with Crippen molar-refractivity contribution in [1.82, 2.24) is 0 Å². The fourth-order valence-corrected chi connectivity index (χ4v) is 7.47. The highest BCUT2D eigenvalue weighted by atomic mass is 32.3. The normalized spacial score (nSPS) is 25.2. The van der Waals surface area contributed by atoms with Crippen molar-refractivity contribution >= 4 is 15.9 Å². The van der Waals surface area contributed by atoms with Crippen molar-refractivity contribution in [2.24, 2.45) is 0 Å². The zero-order chi connectivity index (χ0) is 12.4. The number of hydrogen-bond acceptors (Lipinski definition) is 1. The second kappa shape index (κ2) is 5.16. The molecule has 1 aromatic carbocycles. The van der Waals surface area contributed by atoms with Gasteiger partial charge in [0.25, 0.3) is 0 Å². The Balaban J connectivity index is 1.92. The van der Waals surface area contributed by atoms with Crippen molar-refractivity contribution in [1.29, 1.82) is 0 Å². The summed E-state index contributed by atoms with van der Waals surface area (Å²) in [6.45, 7) is 0. The van der Waals surface area contributed by atoms with Crippen molar-refractivity contribution in [3.63, 3.8) is 0 Å². The Kier molecular flexibility index (Phi) is 3.56. The zero-order valence-corrected chi connectivity index (χ0v) is 12.3. The van der Waals surface area contributed by atoms with Gasteiger partial charge in [0, 0.05) is 11.7 Å². The Hall–Kier alpha value is -0.630. The lowest BCUT2D eigenvalue weighted by Gasteiger charge is -2.48. The Morgan fingerprint density at radius 1 is 0.944 bits per heavy atom. The van der Waals surface area contributed by atoms with Crippen LogP contribution in [0.15, 0.2) is 30.3 Å². The minimum atomic E-state index is -0.548. The van der Waals surface area contributed by atoms with Gasteiger partial charge in [0.15, 0.2) is 0 Å². The highest BCUT2D eigenvalue weighted by Gasteiger charge is 2.35. The topological polar surface area (TPSA) is 3.24 Å². The van der Waals surface area contributed by atoms with Gasteiger partial charge in [0.2, 0.25) is 0 Å². The van der Waals surface area contributed by atoms with Crippen molar-refractivity contribution in [3.8, 4) is 0 Å². The molecule has 0 spiro atoms. The highest BCUT2D eigenvalue weighted by molar-refractivity contribution is 8.34. The van der Waals surface area contributed by atoms with Crippen molar-refractivity contribution in [3.05, 3.63) is 30.3 Å². The Morgan fingerprint density at radius 3 is 2.17 bits per heavy atom. The number of para-hydroxylation sites is 1. The van der Waals surface area contributed by atoms with E-state index in [0.717, 1.165) is 6.04 Å². The molecule has 1 aliphatic carbocycles. The second-order valence-corrected chi connectivity index (χ2v) is 9.59. The number of hydrogen-bond donors (Lipinski definition) is 0. The van der Waals surface area contributed by atoms with E-state index in [4.69, 9.17) is 0 Å². The van der Waals surface area contributed by atoms with Crippen LogP contribution in [0.2, 0.25) is 0 Å². The third-order valence-corrected chi connectivity index (χ3v) is 8.36. The molecule has 1 aliphatic heterocycles. The van der Waals surface area contributed by atoms with E-state index >= 15 is 0 Å². The van der Waals surface area contributed by atoms with Gasteiger partial charge in [0.05, 0.1) is 0 Å². The van der Waals surface area contributed by atoms with E-state index in [1.165, 1.54) is 55.7 Å². The number of anilines is 1. The lowest BCUT2D eigenvalue weighted by atomic mass is 10.2. The Bertz CT molecular complexity index is 377. The molecule has 3 rings (SSSR count). The summed E-state index contributed by atoms with van der Waals surface area (Å²) in [5.41, 5.74) is 1.49. The van der Waals surface area contributed by atoms with Gasteiger partial charge >= 0.3 is 0 Å². The standard InChI is InChI=1S/C16H25NS/c1-18(13-7-8-14-18)17(16-11-5-6-12-16)15-9-3-2-4-10-15/h2-4,9-10,16H,5-8,11-14H2,1H3. The van der Waals surface area contributed by atoms with E-state index in [2.05, 4.69) is 40.9 Å². The molecule has 2 aliphatic rings. The predicted octanol–water partition coefficient (Wildman–Crippen LogP) is 4.58. The van der Waals surface area contributed by atoms with E-state index in [0.29, 0.717) is 0 Å². The molecule has 2 heteroatoms. The number of nitrogens with zero attached hydrogens (tertiary/aromatic N) is 1. The summed E-state index contributed by atoms with van der Waals surface area (Å²) in [6, 6.07) is 12.0. The first-order chi connectivity index (χ1) is 8.80. The maximum atomic E-state index is 2.87. The minimum absolute atomic E-state index is 0.548. The molecule has 0 unspecified atom stereocenters. The second-order valence-electron chi connectivity index (χ2n) is 5.94. The lowest BCUT2D eigenvalue weighted by molar-refractivity contribution is 0.705. The quantitative estimate of drug-likeness (QED) is 0.771. The molecule has 0 bridgehead atoms. The van der Waals surface area contributed by atoms with Crippen LogP contribution in [-0.4, -0.2) is 23.8 Å². The Labute approximate surface area is 113 Å². The number of rotatable bonds is 3. The lowest BCUT2D eigenvalue weighted by Crippen LogP contribution is -2.36. The van der Waals surface area contributed by atoms with Crippen molar-refractivity contribution < 1.29 is 0 Å². The van der Waals surface area contributed by atoms with Gasteiger partial charge in [-0.2, -0.15) is 10.2 Å². The van der Waals surface area contributed by atoms with E-state index in [1.54, 1.807) is 0 Å². The van der Waals surface area contributed by atoms with Gasteiger partial charge < -0.3 is 4.31 Å². The smallest absolute Gasteiger partial charge is 0.0456 e. The first-order valence-electron chi connectivity index (χ1n) is 7.38. The molecule has 0 radical (unpaired) electrons. The first kappa shape index (κ1) is 12.4. The molecule has 1 saturated heterocycles. The van der Waals surface area contributed by atoms with Crippen LogP contribution in [0, 0.1) is 0 Å². The fraction of sp³-hybridized carbons (Fsp3) is 0.625. The molecule has 18 heavy (non-hydrogen) atoms. The van der Waals surface area contributed by atoms with Gasteiger partial charge in [-0.25, -0.2) is 0 Å². The summed E-state index contributed by atoms with van der Waals surface area (Å²) in [5, 5.41) is 0. The fourth-order valence-electron chi connectivity index (χ4n) is 3.66. The maximum Gasteiger partial charge on any atom is 0.0456 e. The summed E-state index contributed by atoms with van der Waals surface area (Å²) < 4.78 is 2.87. The van der Waals surface area contributed by atoms with Gasteiger partial charge in [-0.1, -0.05) is 31.0 Å². The van der Waals surface area contributed by atoms with E-state index in [1.807, 2.05) is 0 Å². The molecule has 0 N–H and O–H groups in total. The van der Waals surface area contributed by atoms with Crippen LogP contribution in [0.25, 0.3) is 0 Å². The molecular formula is C16H25NS. The van der Waals surface area contributed by atoms with E-state index < -0.39 is 10.2 Å². The molecular weight excluding hydrogens is 238 g/mol. The average Bonchev–Trinajstić information content (AvgIpc) is 3.04. The SMILES string of the molecule is CS1(N(c2ccccc2)C2CCCC2)CCCC1. The first-order valence-corrected chi connectivity index (χ1v) is 9.71. The van der Waals surface area contributed by atoms with Crippen LogP contribution in [0.5, 0.6) is 0 Å². The monoisotopic (exact) mass is 263 g/mol. The summed E-state index contributed by atoms with van der Waals surface area (Å²) in [7, 11) is -0.548. The van der Waals surface area contributed by atoms with Crippen molar-refractivity contribution in [2.75, 3.05) is 22.1 Å². The molecule has 100 valence electrons. The molecule has 1 heterocycles. The van der Waals surface area contributed by atoms with Gasteiger partial charge in [0.1, 0.15) is 0 Å². The molecule has 0 aromatic heterocycles. The summed E-state index contributed by atoms with van der Waals surface area (Å²) in [4.78, 5) is 0. The predicted molar refractivity (Wildman–Crippen MR) is 83.7 cm³/mol. The summed E-state index contributed by atoms with van der Waals surface area (Å²) >= 11 is 0. The van der Waals surface area contributed by atoms with Crippen LogP contribution in [-0.2, 0) is 0 Å². The van der Waals surface area contributed by atoms with Crippen LogP contribution < -0.4 is 4.31 Å². The third kappa shape index (κ3) is 2.27. The largest absolute Gasteiger partial charge is 0.331 e. The van der Waals surface area contributed by atoms with E-state index in [9.17, 15) is 0 Å². The van der Waals surface area contributed by atoms with Crippen LogP contribution >= 0.6 is 10.2 Å². The van der Waals surface area contributed by atoms with Crippen LogP contribution in [0.3, 0.4) is 0 Å².